The third-order valence-corrected chi connectivity index (χ3v) is 7.17. The molecule has 4 N–H and O–H groups in total. The highest BCUT2D eigenvalue weighted by Gasteiger charge is 2.30. The predicted octanol–water partition coefficient (Wildman–Crippen LogP) is 0.384. The van der Waals surface area contributed by atoms with Gasteiger partial charge in [0.05, 0.1) is 15.0 Å². The molecular formula is C14H21N3O5S2. The van der Waals surface area contributed by atoms with E-state index in [9.17, 15) is 21.6 Å². The van der Waals surface area contributed by atoms with E-state index in [4.69, 9.17) is 11.5 Å². The van der Waals surface area contributed by atoms with E-state index in [0.717, 1.165) is 12.3 Å². The highest BCUT2D eigenvalue weighted by atomic mass is 32.2. The molecule has 1 amide bonds. The van der Waals surface area contributed by atoms with Crippen molar-refractivity contribution >= 4 is 31.5 Å². The van der Waals surface area contributed by atoms with Crippen LogP contribution in [0, 0.1) is 6.92 Å². The Morgan fingerprint density at radius 1 is 1.17 bits per heavy atom. The summed E-state index contributed by atoms with van der Waals surface area (Å²) in [5, 5.41) is -0.767. The van der Waals surface area contributed by atoms with Crippen molar-refractivity contribution in [2.45, 2.75) is 42.2 Å². The molecule has 0 aliphatic carbocycles. The third-order valence-electron chi connectivity index (χ3n) is 3.56. The number of hydrogen-bond donors (Lipinski definition) is 2. The van der Waals surface area contributed by atoms with Gasteiger partial charge < -0.3 is 11.5 Å². The average Bonchev–Trinajstić information content (AvgIpc) is 2.43. The first-order chi connectivity index (χ1) is 10.8. The van der Waals surface area contributed by atoms with Crippen molar-refractivity contribution < 1.29 is 21.6 Å². The van der Waals surface area contributed by atoms with E-state index in [1.165, 1.54) is 19.9 Å². The minimum atomic E-state index is -3.90. The Kier molecular flexibility index (Phi) is 5.78. The minimum absolute atomic E-state index is 0.0769. The van der Waals surface area contributed by atoms with Crippen LogP contribution in [0.1, 0.15) is 36.2 Å². The Morgan fingerprint density at radius 2 is 1.71 bits per heavy atom. The molecule has 24 heavy (non-hydrogen) atoms. The summed E-state index contributed by atoms with van der Waals surface area (Å²) >= 11 is 0. The highest BCUT2D eigenvalue weighted by Crippen LogP contribution is 2.29. The fraction of sp³-hybridized carbons (Fsp3) is 0.429. The van der Waals surface area contributed by atoms with Crippen molar-refractivity contribution in [3.63, 3.8) is 0 Å². The topological polar surface area (TPSA) is 150 Å². The minimum Gasteiger partial charge on any atom is -0.370 e. The lowest BCUT2D eigenvalue weighted by atomic mass is 10.1. The zero-order valence-corrected chi connectivity index (χ0v) is 15.5. The quantitative estimate of drug-likeness (QED) is 0.558. The fourth-order valence-corrected chi connectivity index (χ4v) is 5.13. The van der Waals surface area contributed by atoms with E-state index in [1.54, 1.807) is 6.92 Å². The summed E-state index contributed by atoms with van der Waals surface area (Å²) in [6.45, 7) is 4.66. The van der Waals surface area contributed by atoms with Crippen molar-refractivity contribution in [3.8, 4) is 0 Å². The van der Waals surface area contributed by atoms with E-state index >= 15 is 0 Å². The number of carbonyl (C=O) groups excluding carboxylic acids is 1. The van der Waals surface area contributed by atoms with Gasteiger partial charge in [0.25, 0.3) is 5.91 Å². The van der Waals surface area contributed by atoms with Crippen LogP contribution in [0.3, 0.4) is 0 Å². The summed E-state index contributed by atoms with van der Waals surface area (Å²) in [6, 6.07) is 2.18. The Morgan fingerprint density at radius 3 is 2.12 bits per heavy atom. The molecule has 0 aromatic heterocycles. The number of rotatable bonds is 5. The summed E-state index contributed by atoms with van der Waals surface area (Å²) < 4.78 is 49.4. The second kappa shape index (κ2) is 6.89. The first-order valence-electron chi connectivity index (χ1n) is 7.04. The molecule has 1 aromatic carbocycles. The van der Waals surface area contributed by atoms with Crippen LogP contribution in [0.2, 0.25) is 0 Å². The number of benzene rings is 1. The average molecular weight is 375 g/mol. The summed E-state index contributed by atoms with van der Waals surface area (Å²) in [5.74, 6) is -1.32. The van der Waals surface area contributed by atoms with Gasteiger partial charge in [-0.15, -0.1) is 0 Å². The van der Waals surface area contributed by atoms with Crippen molar-refractivity contribution in [2.75, 3.05) is 6.26 Å². The maximum atomic E-state index is 12.6. The molecule has 0 heterocycles. The molecule has 134 valence electrons. The van der Waals surface area contributed by atoms with Gasteiger partial charge in [0.2, 0.25) is 0 Å². The molecule has 8 nitrogen and oxygen atoms in total. The van der Waals surface area contributed by atoms with Crippen molar-refractivity contribution in [1.29, 1.82) is 0 Å². The largest absolute Gasteiger partial charge is 0.370 e. The van der Waals surface area contributed by atoms with Gasteiger partial charge in [0.1, 0.15) is 0 Å². The second-order valence-electron chi connectivity index (χ2n) is 5.49. The maximum absolute atomic E-state index is 12.6. The Labute approximate surface area is 141 Å². The number of nitrogens with two attached hydrogens (primary N) is 2. The summed E-state index contributed by atoms with van der Waals surface area (Å²) in [4.78, 5) is 14.6. The summed E-state index contributed by atoms with van der Waals surface area (Å²) in [7, 11) is -7.77. The standard InChI is InChI=1S/C14H21N3O5S2/c1-5-9(3)24(21,22)12-6-8(2)10(13(18)17-14(15)16)7-11(12)23(4,19)20/h6-7,9H,5H2,1-4H3,(H4,15,16,17,18). The summed E-state index contributed by atoms with van der Waals surface area (Å²) in [6.07, 6.45) is 1.20. The highest BCUT2D eigenvalue weighted by molar-refractivity contribution is 7.94. The zero-order chi connectivity index (χ0) is 18.9. The van der Waals surface area contributed by atoms with Crippen molar-refractivity contribution in [1.82, 2.24) is 0 Å². The smallest absolute Gasteiger partial charge is 0.280 e. The van der Waals surface area contributed by atoms with E-state index in [2.05, 4.69) is 4.99 Å². The lowest BCUT2D eigenvalue weighted by Gasteiger charge is -2.16. The first kappa shape index (κ1) is 20.1. The van der Waals surface area contributed by atoms with Gasteiger partial charge >= 0.3 is 0 Å². The molecule has 1 aromatic rings. The number of amides is 1. The molecule has 10 heteroatoms. The van der Waals surface area contributed by atoms with Gasteiger partial charge in [0.15, 0.2) is 25.6 Å². The lowest BCUT2D eigenvalue weighted by Crippen LogP contribution is -2.24. The molecule has 0 aliphatic heterocycles. The van der Waals surface area contributed by atoms with Gasteiger partial charge in [-0.3, -0.25) is 4.79 Å². The van der Waals surface area contributed by atoms with E-state index in [1.807, 2.05) is 0 Å². The zero-order valence-electron chi connectivity index (χ0n) is 13.9. The summed E-state index contributed by atoms with van der Waals surface area (Å²) in [5.41, 5.74) is 10.5. The number of sulfone groups is 2. The molecule has 0 spiro atoms. The first-order valence-corrected chi connectivity index (χ1v) is 10.5. The van der Waals surface area contributed by atoms with Crippen LogP contribution in [0.4, 0.5) is 0 Å². The fourth-order valence-electron chi connectivity index (χ4n) is 2.02. The Hall–Kier alpha value is -1.94. The number of aliphatic imine (C=N–C) groups is 1. The van der Waals surface area contributed by atoms with Gasteiger partial charge in [-0.1, -0.05) is 6.92 Å². The predicted molar refractivity (Wildman–Crippen MR) is 91.4 cm³/mol. The molecule has 0 aliphatic rings. The number of carbonyl (C=O) groups is 1. The van der Waals surface area contributed by atoms with Crippen LogP contribution in [0.5, 0.6) is 0 Å². The van der Waals surface area contributed by atoms with Gasteiger partial charge in [0, 0.05) is 11.8 Å². The van der Waals surface area contributed by atoms with Crippen LogP contribution in [-0.4, -0.2) is 40.2 Å². The monoisotopic (exact) mass is 375 g/mol. The molecule has 0 saturated carbocycles. The number of hydrogen-bond acceptors (Lipinski definition) is 5. The van der Waals surface area contributed by atoms with Crippen molar-refractivity contribution in [2.24, 2.45) is 16.5 Å². The van der Waals surface area contributed by atoms with Gasteiger partial charge in [-0.2, -0.15) is 4.99 Å². The molecule has 0 radical (unpaired) electrons. The van der Waals surface area contributed by atoms with E-state index in [-0.39, 0.29) is 16.0 Å². The van der Waals surface area contributed by atoms with Crippen molar-refractivity contribution in [3.05, 3.63) is 23.3 Å². The van der Waals surface area contributed by atoms with E-state index < -0.39 is 41.7 Å². The van der Waals surface area contributed by atoms with Crippen LogP contribution >= 0.6 is 0 Å². The number of guanidine groups is 1. The van der Waals surface area contributed by atoms with Crippen LogP contribution in [-0.2, 0) is 19.7 Å². The number of aryl methyl sites for hydroxylation is 1. The normalized spacial score (nSPS) is 13.3. The molecule has 1 atom stereocenters. The molecular weight excluding hydrogens is 354 g/mol. The molecule has 0 bridgehead atoms. The van der Waals surface area contributed by atoms with Crippen LogP contribution in [0.15, 0.2) is 26.9 Å². The molecule has 0 fully saturated rings. The van der Waals surface area contributed by atoms with Gasteiger partial charge in [-0.05, 0) is 38.0 Å². The van der Waals surface area contributed by atoms with Gasteiger partial charge in [-0.25, -0.2) is 16.8 Å². The Balaban J connectivity index is 3.81. The van der Waals surface area contributed by atoms with Crippen LogP contribution < -0.4 is 11.5 Å². The number of nitrogens with zero attached hydrogens (tertiary/aromatic N) is 1. The third kappa shape index (κ3) is 4.12. The second-order valence-corrected chi connectivity index (χ2v) is 9.81. The lowest BCUT2D eigenvalue weighted by molar-refractivity contribution is 0.100. The Bertz CT molecular complexity index is 899. The molecule has 1 unspecified atom stereocenters. The molecule has 0 saturated heterocycles. The van der Waals surface area contributed by atoms with E-state index in [0.29, 0.717) is 6.42 Å². The van der Waals surface area contributed by atoms with Crippen LogP contribution in [0.25, 0.3) is 0 Å². The SMILES string of the molecule is CCC(C)S(=O)(=O)c1cc(C)c(C(=O)N=C(N)N)cc1S(C)(=O)=O. The molecule has 1 rings (SSSR count). The maximum Gasteiger partial charge on any atom is 0.280 e.